The van der Waals surface area contributed by atoms with Gasteiger partial charge >= 0.3 is 11.9 Å². The summed E-state index contributed by atoms with van der Waals surface area (Å²) in [6.07, 6.45) is 9.75. The van der Waals surface area contributed by atoms with Crippen LogP contribution in [0.2, 0.25) is 0 Å². The number of esters is 1. The molecule has 0 saturated carbocycles. The Kier molecular flexibility index (Phi) is 10.7. The van der Waals surface area contributed by atoms with Crippen LogP contribution in [0.4, 0.5) is 0 Å². The number of methoxy groups -OCH3 is 1. The van der Waals surface area contributed by atoms with Crippen molar-refractivity contribution in [3.05, 3.63) is 0 Å². The summed E-state index contributed by atoms with van der Waals surface area (Å²) in [6, 6.07) is 0. The quantitative estimate of drug-likeness (QED) is 0.384. The predicted molar refractivity (Wildman–Crippen MR) is 67.6 cm³/mol. The molecule has 0 aliphatic carbocycles. The number of unbranched alkanes of at least 4 members (excludes halogenated alkanes) is 7. The van der Waals surface area contributed by atoms with Crippen molar-refractivity contribution in [1.82, 2.24) is 5.32 Å². The molecule has 0 bridgehead atoms. The van der Waals surface area contributed by atoms with Crippen molar-refractivity contribution in [2.45, 2.75) is 58.3 Å². The van der Waals surface area contributed by atoms with E-state index in [9.17, 15) is 9.59 Å². The number of nitrogens with one attached hydrogen (secondary N) is 1. The monoisotopic (exact) mass is 243 g/mol. The fraction of sp³-hybridized carbons (Fsp3) is 0.846. The summed E-state index contributed by atoms with van der Waals surface area (Å²) in [4.78, 5) is 21.7. The molecule has 0 rings (SSSR count). The van der Waals surface area contributed by atoms with Crippen molar-refractivity contribution in [3.63, 3.8) is 0 Å². The molecule has 17 heavy (non-hydrogen) atoms. The number of carbonyl (C=O) groups is 2. The lowest BCUT2D eigenvalue weighted by Gasteiger charge is -2.03. The van der Waals surface area contributed by atoms with E-state index in [1.165, 1.54) is 45.6 Å². The van der Waals surface area contributed by atoms with E-state index in [1.807, 2.05) is 0 Å². The van der Waals surface area contributed by atoms with Gasteiger partial charge in [0.05, 0.1) is 7.11 Å². The highest BCUT2D eigenvalue weighted by Crippen LogP contribution is 2.07. The molecule has 4 heteroatoms. The van der Waals surface area contributed by atoms with Crippen molar-refractivity contribution in [1.29, 1.82) is 0 Å². The molecule has 4 nitrogen and oxygen atoms in total. The van der Waals surface area contributed by atoms with Gasteiger partial charge in [0.15, 0.2) is 0 Å². The predicted octanol–water partition coefficient (Wildman–Crippen LogP) is 2.42. The first-order chi connectivity index (χ1) is 8.22. The molecular weight excluding hydrogens is 218 g/mol. The molecule has 0 aliphatic heterocycles. The Morgan fingerprint density at radius 3 is 2.00 bits per heavy atom. The van der Waals surface area contributed by atoms with E-state index in [0.29, 0.717) is 6.54 Å². The van der Waals surface area contributed by atoms with Gasteiger partial charge in [0.2, 0.25) is 0 Å². The minimum absolute atomic E-state index is 0.558. The first-order valence-corrected chi connectivity index (χ1v) is 6.58. The van der Waals surface area contributed by atoms with Gasteiger partial charge in [-0.25, -0.2) is 4.79 Å². The number of amides is 1. The second-order valence-corrected chi connectivity index (χ2v) is 4.22. The van der Waals surface area contributed by atoms with Crippen molar-refractivity contribution in [2.24, 2.45) is 0 Å². The molecule has 0 radical (unpaired) electrons. The summed E-state index contributed by atoms with van der Waals surface area (Å²) in [6.45, 7) is 2.77. The Bertz CT molecular complexity index is 217. The van der Waals surface area contributed by atoms with Crippen molar-refractivity contribution < 1.29 is 14.3 Å². The van der Waals surface area contributed by atoms with Crippen LogP contribution in [0.5, 0.6) is 0 Å². The highest BCUT2D eigenvalue weighted by molar-refractivity contribution is 6.32. The normalized spacial score (nSPS) is 10.0. The molecule has 0 unspecified atom stereocenters. The van der Waals surface area contributed by atoms with Crippen molar-refractivity contribution >= 4 is 11.9 Å². The summed E-state index contributed by atoms with van der Waals surface area (Å²) in [5.74, 6) is -1.46. The number of carbonyl (C=O) groups excluding carboxylic acids is 2. The molecule has 0 aliphatic rings. The Morgan fingerprint density at radius 1 is 0.941 bits per heavy atom. The zero-order valence-electron chi connectivity index (χ0n) is 11.1. The molecule has 0 aromatic heterocycles. The Labute approximate surface area is 104 Å². The first-order valence-electron chi connectivity index (χ1n) is 6.58. The van der Waals surface area contributed by atoms with Gasteiger partial charge in [0.25, 0.3) is 0 Å². The third kappa shape index (κ3) is 9.85. The molecule has 0 heterocycles. The van der Waals surface area contributed by atoms with Crippen LogP contribution in [0.1, 0.15) is 58.3 Å². The van der Waals surface area contributed by atoms with Crippen LogP contribution in [0, 0.1) is 0 Å². The minimum atomic E-state index is -0.815. The summed E-state index contributed by atoms with van der Waals surface area (Å²) in [5, 5.41) is 2.53. The van der Waals surface area contributed by atoms with E-state index >= 15 is 0 Å². The van der Waals surface area contributed by atoms with Crippen LogP contribution in [0.15, 0.2) is 0 Å². The molecule has 1 amide bonds. The SMILES string of the molecule is CCCCCCCCCCNC(=O)C(=O)OC. The molecule has 0 spiro atoms. The van der Waals surface area contributed by atoms with E-state index in [4.69, 9.17) is 0 Å². The van der Waals surface area contributed by atoms with Gasteiger partial charge in [0.1, 0.15) is 0 Å². The van der Waals surface area contributed by atoms with Gasteiger partial charge in [-0.05, 0) is 6.42 Å². The largest absolute Gasteiger partial charge is 0.462 e. The highest BCUT2D eigenvalue weighted by atomic mass is 16.5. The number of rotatable bonds is 9. The summed E-state index contributed by atoms with van der Waals surface area (Å²) in [5.41, 5.74) is 0. The van der Waals surface area contributed by atoms with Crippen LogP contribution in [-0.2, 0) is 14.3 Å². The smallest absolute Gasteiger partial charge is 0.396 e. The van der Waals surface area contributed by atoms with Crippen LogP contribution < -0.4 is 5.32 Å². The van der Waals surface area contributed by atoms with Gasteiger partial charge in [-0.15, -0.1) is 0 Å². The lowest BCUT2D eigenvalue weighted by Crippen LogP contribution is -2.32. The van der Waals surface area contributed by atoms with E-state index in [1.54, 1.807) is 0 Å². The molecule has 0 atom stereocenters. The van der Waals surface area contributed by atoms with Gasteiger partial charge in [-0.1, -0.05) is 51.9 Å². The summed E-state index contributed by atoms with van der Waals surface area (Å²) >= 11 is 0. The highest BCUT2D eigenvalue weighted by Gasteiger charge is 2.11. The van der Waals surface area contributed by atoms with E-state index in [0.717, 1.165) is 12.8 Å². The zero-order valence-corrected chi connectivity index (χ0v) is 11.1. The number of ether oxygens (including phenoxy) is 1. The number of hydrogen-bond acceptors (Lipinski definition) is 3. The fourth-order valence-electron chi connectivity index (χ4n) is 1.63. The van der Waals surface area contributed by atoms with E-state index < -0.39 is 11.9 Å². The topological polar surface area (TPSA) is 55.4 Å². The van der Waals surface area contributed by atoms with Gasteiger partial charge < -0.3 is 10.1 Å². The molecule has 1 N–H and O–H groups in total. The lowest BCUT2D eigenvalue weighted by atomic mass is 10.1. The molecule has 0 aromatic rings. The van der Waals surface area contributed by atoms with Crippen LogP contribution in [0.3, 0.4) is 0 Å². The van der Waals surface area contributed by atoms with E-state index in [-0.39, 0.29) is 0 Å². The molecular formula is C13H25NO3. The minimum Gasteiger partial charge on any atom is -0.462 e. The average molecular weight is 243 g/mol. The number of hydrogen-bond donors (Lipinski definition) is 1. The second kappa shape index (κ2) is 11.4. The lowest BCUT2D eigenvalue weighted by molar-refractivity contribution is -0.152. The Balaban J connectivity index is 3.18. The van der Waals surface area contributed by atoms with Crippen molar-refractivity contribution in [2.75, 3.05) is 13.7 Å². The maximum atomic E-state index is 11.0. The van der Waals surface area contributed by atoms with Crippen LogP contribution >= 0.6 is 0 Å². The van der Waals surface area contributed by atoms with Crippen molar-refractivity contribution in [3.8, 4) is 0 Å². The Morgan fingerprint density at radius 2 is 1.47 bits per heavy atom. The first kappa shape index (κ1) is 15.9. The second-order valence-electron chi connectivity index (χ2n) is 4.22. The third-order valence-electron chi connectivity index (χ3n) is 2.69. The molecule has 0 saturated heterocycles. The van der Waals surface area contributed by atoms with E-state index in [2.05, 4.69) is 17.0 Å². The van der Waals surface area contributed by atoms with Gasteiger partial charge in [-0.2, -0.15) is 0 Å². The molecule has 0 fully saturated rings. The standard InChI is InChI=1S/C13H25NO3/c1-3-4-5-6-7-8-9-10-11-14-12(15)13(16)17-2/h3-11H2,1-2H3,(H,14,15). The van der Waals surface area contributed by atoms with Gasteiger partial charge in [0, 0.05) is 6.54 Å². The molecule has 100 valence electrons. The fourth-order valence-corrected chi connectivity index (χ4v) is 1.63. The Hall–Kier alpha value is -1.06. The summed E-state index contributed by atoms with van der Waals surface area (Å²) < 4.78 is 4.29. The average Bonchev–Trinajstić information content (AvgIpc) is 2.35. The zero-order chi connectivity index (χ0) is 12.9. The maximum absolute atomic E-state index is 11.0. The third-order valence-corrected chi connectivity index (χ3v) is 2.69. The van der Waals surface area contributed by atoms with Gasteiger partial charge in [-0.3, -0.25) is 4.79 Å². The van der Waals surface area contributed by atoms with Crippen LogP contribution in [0.25, 0.3) is 0 Å². The maximum Gasteiger partial charge on any atom is 0.396 e. The summed E-state index contributed by atoms with van der Waals surface area (Å²) in [7, 11) is 1.21. The van der Waals surface area contributed by atoms with Crippen LogP contribution in [-0.4, -0.2) is 25.5 Å². The molecule has 0 aromatic carbocycles.